The van der Waals surface area contributed by atoms with Crippen LogP contribution in [0.3, 0.4) is 0 Å². The van der Waals surface area contributed by atoms with Crippen molar-refractivity contribution in [1.29, 1.82) is 0 Å². The van der Waals surface area contributed by atoms with E-state index in [0.29, 0.717) is 66.1 Å². The molecule has 8 heteroatoms. The first-order chi connectivity index (χ1) is 14.0. The van der Waals surface area contributed by atoms with Crippen molar-refractivity contribution in [3.8, 4) is 0 Å². The number of ether oxygens (including phenoxy) is 1. The number of benzene rings is 1. The highest BCUT2D eigenvalue weighted by molar-refractivity contribution is 6.41. The Bertz CT molecular complexity index is 804. The van der Waals surface area contributed by atoms with Gasteiger partial charge in [-0.15, -0.1) is 0 Å². The van der Waals surface area contributed by atoms with Gasteiger partial charge in [0.05, 0.1) is 10.6 Å². The minimum absolute atomic E-state index is 0.252. The van der Waals surface area contributed by atoms with E-state index in [0.717, 1.165) is 19.6 Å². The Labute approximate surface area is 182 Å². The lowest BCUT2D eigenvalue weighted by molar-refractivity contribution is -0.137. The van der Waals surface area contributed by atoms with Gasteiger partial charge in [0.1, 0.15) is 5.70 Å². The predicted molar refractivity (Wildman–Crippen MR) is 115 cm³/mol. The highest BCUT2D eigenvalue weighted by Gasteiger charge is 2.42. The number of hydrogen-bond donors (Lipinski definition) is 0. The van der Waals surface area contributed by atoms with E-state index in [1.165, 1.54) is 4.90 Å². The maximum absolute atomic E-state index is 13.3. The fraction of sp³-hybridized carbons (Fsp3) is 0.524. The normalized spacial score (nSPS) is 18.3. The van der Waals surface area contributed by atoms with E-state index in [2.05, 4.69) is 11.8 Å². The van der Waals surface area contributed by atoms with E-state index >= 15 is 0 Å². The van der Waals surface area contributed by atoms with Gasteiger partial charge in [0.15, 0.2) is 0 Å². The van der Waals surface area contributed by atoms with Crippen molar-refractivity contribution in [1.82, 2.24) is 14.7 Å². The number of piperazine rings is 1. The van der Waals surface area contributed by atoms with Crippen molar-refractivity contribution < 1.29 is 14.3 Å². The molecule has 2 aliphatic rings. The van der Waals surface area contributed by atoms with Crippen LogP contribution in [0, 0.1) is 0 Å². The molecule has 2 amide bonds. The minimum atomic E-state index is -0.302. The summed E-state index contributed by atoms with van der Waals surface area (Å²) in [6.07, 6.45) is 0.601. The van der Waals surface area contributed by atoms with Gasteiger partial charge in [-0.1, -0.05) is 36.2 Å². The molecule has 1 saturated heterocycles. The third kappa shape index (κ3) is 4.77. The quantitative estimate of drug-likeness (QED) is 0.459. The molecule has 0 atom stereocenters. The second-order valence-corrected chi connectivity index (χ2v) is 7.93. The van der Waals surface area contributed by atoms with E-state index in [9.17, 15) is 9.59 Å². The van der Waals surface area contributed by atoms with Crippen LogP contribution in [0.5, 0.6) is 0 Å². The second kappa shape index (κ2) is 9.94. The molecule has 0 aliphatic carbocycles. The molecule has 0 N–H and O–H groups in total. The Kier molecular flexibility index (Phi) is 7.57. The van der Waals surface area contributed by atoms with Crippen LogP contribution in [0.15, 0.2) is 23.9 Å². The number of hydrogen-bond acceptors (Lipinski definition) is 5. The molecule has 0 unspecified atom stereocenters. The van der Waals surface area contributed by atoms with E-state index in [1.54, 1.807) is 18.2 Å². The topological polar surface area (TPSA) is 53.1 Å². The highest BCUT2D eigenvalue weighted by atomic mass is 35.5. The van der Waals surface area contributed by atoms with E-state index in [-0.39, 0.29) is 11.8 Å². The maximum atomic E-state index is 13.3. The summed E-state index contributed by atoms with van der Waals surface area (Å²) in [4.78, 5) is 32.2. The summed E-state index contributed by atoms with van der Waals surface area (Å²) in [5, 5.41) is 0.859. The van der Waals surface area contributed by atoms with Gasteiger partial charge in [0.25, 0.3) is 11.8 Å². The molecule has 1 aromatic carbocycles. The van der Waals surface area contributed by atoms with Crippen LogP contribution >= 0.6 is 23.2 Å². The molecular weight excluding hydrogens is 413 g/mol. The zero-order valence-electron chi connectivity index (χ0n) is 16.9. The molecule has 158 valence electrons. The third-order valence-corrected chi connectivity index (χ3v) is 5.90. The molecule has 0 spiro atoms. The molecule has 2 heterocycles. The van der Waals surface area contributed by atoms with Crippen LogP contribution in [0.2, 0.25) is 10.0 Å². The number of carbonyl (C=O) groups is 2. The molecule has 0 saturated carbocycles. The fourth-order valence-electron chi connectivity index (χ4n) is 3.75. The predicted octanol–water partition coefficient (Wildman–Crippen LogP) is 3.14. The monoisotopic (exact) mass is 439 g/mol. The van der Waals surface area contributed by atoms with Crippen LogP contribution in [0.25, 0.3) is 5.57 Å². The Balaban J connectivity index is 1.93. The molecule has 1 fully saturated rings. The first kappa shape index (κ1) is 22.1. The highest BCUT2D eigenvalue weighted by Crippen LogP contribution is 2.36. The van der Waals surface area contributed by atoms with Crippen molar-refractivity contribution in [2.45, 2.75) is 20.3 Å². The molecule has 29 heavy (non-hydrogen) atoms. The summed E-state index contributed by atoms with van der Waals surface area (Å²) in [6, 6.07) is 5.02. The number of nitrogens with zero attached hydrogens (tertiary/aromatic N) is 3. The van der Waals surface area contributed by atoms with Gasteiger partial charge < -0.3 is 14.5 Å². The first-order valence-corrected chi connectivity index (χ1v) is 10.8. The molecule has 0 aromatic heterocycles. The lowest BCUT2D eigenvalue weighted by Crippen LogP contribution is -2.47. The molecule has 1 aromatic rings. The van der Waals surface area contributed by atoms with Crippen molar-refractivity contribution >= 4 is 40.6 Å². The summed E-state index contributed by atoms with van der Waals surface area (Å²) < 4.78 is 5.36. The van der Waals surface area contributed by atoms with Crippen LogP contribution in [-0.2, 0) is 14.3 Å². The summed E-state index contributed by atoms with van der Waals surface area (Å²) >= 11 is 12.5. The standard InChI is InChI=1S/C21H27Cl2N3O3/c1-3-24-9-11-25(12-10-24)19-18(16-7-6-15(22)14-17(16)23)20(27)26(21(19)28)8-5-13-29-4-2/h6-7,14H,3-5,8-13H2,1-2H3. The van der Waals surface area contributed by atoms with Gasteiger partial charge in [-0.3, -0.25) is 14.5 Å². The largest absolute Gasteiger partial charge is 0.382 e. The van der Waals surface area contributed by atoms with Crippen LogP contribution in [0.1, 0.15) is 25.8 Å². The SMILES string of the molecule is CCOCCCN1C(=O)C(c2ccc(Cl)cc2Cl)=C(N2CCN(CC)CC2)C1=O. The van der Waals surface area contributed by atoms with Crippen molar-refractivity contribution in [2.75, 3.05) is 52.5 Å². The van der Waals surface area contributed by atoms with Gasteiger partial charge in [0.2, 0.25) is 0 Å². The number of amides is 2. The average Bonchev–Trinajstić information content (AvgIpc) is 2.95. The average molecular weight is 440 g/mol. The Hall–Kier alpha value is -1.60. The lowest BCUT2D eigenvalue weighted by Gasteiger charge is -2.36. The minimum Gasteiger partial charge on any atom is -0.382 e. The summed E-state index contributed by atoms with van der Waals surface area (Å²) in [7, 11) is 0. The molecule has 2 aliphatic heterocycles. The Morgan fingerprint density at radius 1 is 1.03 bits per heavy atom. The number of imide groups is 1. The van der Waals surface area contributed by atoms with Crippen molar-refractivity contribution in [2.24, 2.45) is 0 Å². The number of rotatable bonds is 8. The maximum Gasteiger partial charge on any atom is 0.277 e. The third-order valence-electron chi connectivity index (χ3n) is 5.35. The van der Waals surface area contributed by atoms with Gasteiger partial charge in [-0.2, -0.15) is 0 Å². The Morgan fingerprint density at radius 3 is 2.38 bits per heavy atom. The molecule has 0 radical (unpaired) electrons. The summed E-state index contributed by atoms with van der Waals surface area (Å²) in [5.41, 5.74) is 1.37. The van der Waals surface area contributed by atoms with Gasteiger partial charge in [-0.05, 0) is 32.0 Å². The van der Waals surface area contributed by atoms with Gasteiger partial charge in [0, 0.05) is 56.5 Å². The van der Waals surface area contributed by atoms with Gasteiger partial charge >= 0.3 is 0 Å². The van der Waals surface area contributed by atoms with E-state index < -0.39 is 0 Å². The summed E-state index contributed by atoms with van der Waals surface area (Å²) in [5.74, 6) is -0.555. The first-order valence-electron chi connectivity index (χ1n) is 10.1. The smallest absolute Gasteiger partial charge is 0.277 e. The zero-order valence-corrected chi connectivity index (χ0v) is 18.4. The molecular formula is C21H27Cl2N3O3. The van der Waals surface area contributed by atoms with E-state index in [4.69, 9.17) is 27.9 Å². The molecule has 3 rings (SSSR count). The fourth-order valence-corrected chi connectivity index (χ4v) is 4.25. The van der Waals surface area contributed by atoms with Gasteiger partial charge in [-0.25, -0.2) is 0 Å². The molecule has 0 bridgehead atoms. The number of carbonyl (C=O) groups excluding carboxylic acids is 2. The molecule has 6 nitrogen and oxygen atoms in total. The zero-order chi connectivity index (χ0) is 21.0. The summed E-state index contributed by atoms with van der Waals surface area (Å²) in [6.45, 7) is 9.56. The van der Waals surface area contributed by atoms with Crippen LogP contribution < -0.4 is 0 Å². The van der Waals surface area contributed by atoms with Crippen molar-refractivity contribution in [3.63, 3.8) is 0 Å². The number of halogens is 2. The number of likely N-dealkylation sites (N-methyl/N-ethyl adjacent to an activating group) is 1. The Morgan fingerprint density at radius 2 is 1.76 bits per heavy atom. The van der Waals surface area contributed by atoms with E-state index in [1.807, 2.05) is 11.8 Å². The second-order valence-electron chi connectivity index (χ2n) is 7.08. The van der Waals surface area contributed by atoms with Crippen LogP contribution in [0.4, 0.5) is 0 Å². The van der Waals surface area contributed by atoms with Crippen LogP contribution in [-0.4, -0.2) is 79.0 Å². The van der Waals surface area contributed by atoms with Crippen molar-refractivity contribution in [3.05, 3.63) is 39.5 Å². The lowest BCUT2D eigenvalue weighted by atomic mass is 10.0.